The highest BCUT2D eigenvalue weighted by atomic mass is 79.9. The van der Waals surface area contributed by atoms with E-state index in [4.69, 9.17) is 0 Å². The molecular weight excluding hydrogens is 278 g/mol. The molecule has 1 fully saturated rings. The van der Waals surface area contributed by atoms with Crippen LogP contribution in [0, 0.1) is 6.92 Å². The number of piperidine rings is 1. The predicted molar refractivity (Wildman–Crippen MR) is 74.5 cm³/mol. The third-order valence-electron chi connectivity index (χ3n) is 3.44. The number of carbonyl (C=O) groups is 1. The molecule has 0 atom stereocenters. The highest BCUT2D eigenvalue weighted by molar-refractivity contribution is 9.10. The normalized spacial score (nSPS) is 19.5. The lowest BCUT2D eigenvalue weighted by molar-refractivity contribution is -0.121. The molecule has 2 nitrogen and oxygen atoms in total. The van der Waals surface area contributed by atoms with Crippen LogP contribution in [0.15, 0.2) is 22.7 Å². The largest absolute Gasteiger partial charge is 0.365 e. The summed E-state index contributed by atoms with van der Waals surface area (Å²) >= 11 is 3.57. The van der Waals surface area contributed by atoms with Gasteiger partial charge in [-0.3, -0.25) is 4.79 Å². The van der Waals surface area contributed by atoms with Crippen molar-refractivity contribution in [2.24, 2.45) is 0 Å². The fraction of sp³-hybridized carbons (Fsp3) is 0.500. The summed E-state index contributed by atoms with van der Waals surface area (Å²) < 4.78 is 1.13. The van der Waals surface area contributed by atoms with Crippen molar-refractivity contribution < 1.29 is 4.79 Å². The Bertz CT molecular complexity index is 454. The summed E-state index contributed by atoms with van der Waals surface area (Å²) in [6.45, 7) is 7.18. The van der Waals surface area contributed by atoms with E-state index >= 15 is 0 Å². The number of carbonyl (C=O) groups excluding carboxylic acids is 1. The molecule has 1 aromatic rings. The quantitative estimate of drug-likeness (QED) is 0.787. The Hall–Kier alpha value is -0.830. The number of ketones is 1. The van der Waals surface area contributed by atoms with Crippen LogP contribution >= 0.6 is 15.9 Å². The molecule has 0 aromatic heterocycles. The van der Waals surface area contributed by atoms with Gasteiger partial charge in [-0.25, -0.2) is 0 Å². The molecule has 1 aliphatic heterocycles. The minimum Gasteiger partial charge on any atom is -0.365 e. The van der Waals surface area contributed by atoms with Gasteiger partial charge in [-0.1, -0.05) is 22.0 Å². The molecule has 2 rings (SSSR count). The lowest BCUT2D eigenvalue weighted by Gasteiger charge is -2.43. The Balaban J connectivity index is 2.32. The zero-order chi connectivity index (χ0) is 12.6. The van der Waals surface area contributed by atoms with Crippen LogP contribution in [0.4, 0.5) is 5.69 Å². The maximum atomic E-state index is 11.5. The maximum absolute atomic E-state index is 11.5. The van der Waals surface area contributed by atoms with Gasteiger partial charge in [0.15, 0.2) is 0 Å². The molecule has 1 heterocycles. The van der Waals surface area contributed by atoms with E-state index in [9.17, 15) is 4.79 Å². The SMILES string of the molecule is Cc1ccc(N2CCC(=O)CC2(C)C)cc1Br. The van der Waals surface area contributed by atoms with E-state index in [1.165, 1.54) is 11.3 Å². The van der Waals surface area contributed by atoms with E-state index in [1.54, 1.807) is 0 Å². The standard InChI is InChI=1S/C14H18BrNO/c1-10-4-5-11(8-13(10)15)16-7-6-12(17)9-14(16,2)3/h4-5,8H,6-7,9H2,1-3H3. The number of rotatable bonds is 1. The molecule has 3 heteroatoms. The Morgan fingerprint density at radius 3 is 2.65 bits per heavy atom. The summed E-state index contributed by atoms with van der Waals surface area (Å²) in [5.74, 6) is 0.373. The van der Waals surface area contributed by atoms with Crippen LogP contribution in [0.2, 0.25) is 0 Å². The van der Waals surface area contributed by atoms with Crippen molar-refractivity contribution in [3.63, 3.8) is 0 Å². The van der Waals surface area contributed by atoms with Crippen molar-refractivity contribution >= 4 is 27.4 Å². The zero-order valence-electron chi connectivity index (χ0n) is 10.6. The monoisotopic (exact) mass is 295 g/mol. The van der Waals surface area contributed by atoms with E-state index in [1.807, 2.05) is 0 Å². The fourth-order valence-corrected chi connectivity index (χ4v) is 2.80. The number of hydrogen-bond acceptors (Lipinski definition) is 2. The predicted octanol–water partition coefficient (Wildman–Crippen LogP) is 3.71. The van der Waals surface area contributed by atoms with Crippen molar-refractivity contribution in [3.8, 4) is 0 Å². The van der Waals surface area contributed by atoms with Gasteiger partial charge in [0.05, 0.1) is 0 Å². The Morgan fingerprint density at radius 1 is 1.35 bits per heavy atom. The van der Waals surface area contributed by atoms with Crippen molar-refractivity contribution in [1.82, 2.24) is 0 Å². The average molecular weight is 296 g/mol. The molecule has 1 aliphatic rings. The zero-order valence-corrected chi connectivity index (χ0v) is 12.2. The highest BCUT2D eigenvalue weighted by Gasteiger charge is 2.33. The van der Waals surface area contributed by atoms with Crippen LogP contribution in [0.5, 0.6) is 0 Å². The Kier molecular flexibility index (Phi) is 3.30. The molecule has 1 saturated heterocycles. The molecule has 0 radical (unpaired) electrons. The lowest BCUT2D eigenvalue weighted by atomic mass is 9.89. The molecule has 0 amide bonds. The number of halogens is 1. The number of benzene rings is 1. The molecule has 0 N–H and O–H groups in total. The van der Waals surface area contributed by atoms with Gasteiger partial charge >= 0.3 is 0 Å². The molecule has 0 spiro atoms. The minimum atomic E-state index is -0.0793. The van der Waals surface area contributed by atoms with Crippen molar-refractivity contribution in [2.45, 2.75) is 39.2 Å². The summed E-state index contributed by atoms with van der Waals surface area (Å²) in [7, 11) is 0. The van der Waals surface area contributed by atoms with E-state index < -0.39 is 0 Å². The van der Waals surface area contributed by atoms with Crippen LogP contribution in [-0.2, 0) is 4.79 Å². The Labute approximate surface area is 111 Å². The molecule has 0 saturated carbocycles. The Morgan fingerprint density at radius 2 is 2.06 bits per heavy atom. The van der Waals surface area contributed by atoms with Gasteiger partial charge in [0, 0.05) is 35.1 Å². The molecule has 0 unspecified atom stereocenters. The first-order valence-electron chi connectivity index (χ1n) is 5.96. The molecule has 17 heavy (non-hydrogen) atoms. The van der Waals surface area contributed by atoms with Crippen LogP contribution < -0.4 is 4.90 Å². The lowest BCUT2D eigenvalue weighted by Crippen LogP contribution is -2.50. The first-order chi connectivity index (χ1) is 7.90. The van der Waals surface area contributed by atoms with Crippen LogP contribution in [-0.4, -0.2) is 17.9 Å². The summed E-state index contributed by atoms with van der Waals surface area (Å²) in [5.41, 5.74) is 2.35. The summed E-state index contributed by atoms with van der Waals surface area (Å²) in [4.78, 5) is 13.9. The number of aryl methyl sites for hydroxylation is 1. The van der Waals surface area contributed by atoms with Gasteiger partial charge in [0.25, 0.3) is 0 Å². The summed E-state index contributed by atoms with van der Waals surface area (Å²) in [6.07, 6.45) is 1.30. The van der Waals surface area contributed by atoms with Crippen LogP contribution in [0.1, 0.15) is 32.3 Å². The van der Waals surface area contributed by atoms with Crippen molar-refractivity contribution in [3.05, 3.63) is 28.2 Å². The van der Waals surface area contributed by atoms with E-state index in [0.29, 0.717) is 18.6 Å². The summed E-state index contributed by atoms with van der Waals surface area (Å²) in [6, 6.07) is 6.40. The van der Waals surface area contributed by atoms with Gasteiger partial charge in [-0.05, 0) is 38.5 Å². The third-order valence-corrected chi connectivity index (χ3v) is 4.30. The number of nitrogens with zero attached hydrogens (tertiary/aromatic N) is 1. The highest BCUT2D eigenvalue weighted by Crippen LogP contribution is 2.33. The second-order valence-corrected chi connectivity index (χ2v) is 6.22. The van der Waals surface area contributed by atoms with Gasteiger partial charge < -0.3 is 4.90 Å². The average Bonchev–Trinajstić information content (AvgIpc) is 2.21. The first kappa shape index (κ1) is 12.6. The van der Waals surface area contributed by atoms with Crippen LogP contribution in [0.25, 0.3) is 0 Å². The topological polar surface area (TPSA) is 20.3 Å². The van der Waals surface area contributed by atoms with Crippen molar-refractivity contribution in [2.75, 3.05) is 11.4 Å². The first-order valence-corrected chi connectivity index (χ1v) is 6.75. The maximum Gasteiger partial charge on any atom is 0.136 e. The number of Topliss-reactive ketones (excluding diaryl/α,β-unsaturated/α-hetero) is 1. The molecule has 0 bridgehead atoms. The van der Waals surface area contributed by atoms with E-state index in [2.05, 4.69) is 59.8 Å². The van der Waals surface area contributed by atoms with Gasteiger partial charge in [0.2, 0.25) is 0 Å². The van der Waals surface area contributed by atoms with Gasteiger partial charge in [0.1, 0.15) is 5.78 Å². The second-order valence-electron chi connectivity index (χ2n) is 5.36. The van der Waals surface area contributed by atoms with Gasteiger partial charge in [-0.15, -0.1) is 0 Å². The minimum absolute atomic E-state index is 0.0793. The second kappa shape index (κ2) is 4.45. The number of anilines is 1. The van der Waals surface area contributed by atoms with Crippen molar-refractivity contribution in [1.29, 1.82) is 0 Å². The molecule has 92 valence electrons. The fourth-order valence-electron chi connectivity index (χ4n) is 2.43. The molecule has 0 aliphatic carbocycles. The van der Waals surface area contributed by atoms with E-state index in [0.717, 1.165) is 11.0 Å². The smallest absolute Gasteiger partial charge is 0.136 e. The van der Waals surface area contributed by atoms with E-state index in [-0.39, 0.29) is 5.54 Å². The van der Waals surface area contributed by atoms with Crippen LogP contribution in [0.3, 0.4) is 0 Å². The summed E-state index contributed by atoms with van der Waals surface area (Å²) in [5, 5.41) is 0. The van der Waals surface area contributed by atoms with Gasteiger partial charge in [-0.2, -0.15) is 0 Å². The molecule has 1 aromatic carbocycles. The third kappa shape index (κ3) is 2.54. The number of hydrogen-bond donors (Lipinski definition) is 0. The molecular formula is C14H18BrNO.